The number of piperazine rings is 1. The van der Waals surface area contributed by atoms with Gasteiger partial charge in [-0.3, -0.25) is 49.2 Å². The number of alkyl halides is 3. The number of esters is 1. The van der Waals surface area contributed by atoms with Crippen molar-refractivity contribution >= 4 is 45.9 Å². The first-order valence-corrected chi connectivity index (χ1v) is 29.9. The van der Waals surface area contributed by atoms with Crippen LogP contribution in [0.3, 0.4) is 0 Å². The number of benzene rings is 1. The Morgan fingerprint density at radius 3 is 2.53 bits per heavy atom. The molecular weight excluding hydrogens is 1040 g/mol. The minimum Gasteiger partial charge on any atom is -0.464 e. The Balaban J connectivity index is 0.869. The van der Waals surface area contributed by atoms with E-state index >= 15 is 18.0 Å². The van der Waals surface area contributed by atoms with Crippen LogP contribution in [0.4, 0.5) is 18.9 Å². The van der Waals surface area contributed by atoms with Gasteiger partial charge in [0, 0.05) is 93.4 Å². The Labute approximate surface area is 473 Å². The summed E-state index contributed by atoms with van der Waals surface area (Å²) in [6.45, 7) is 19.0. The number of cyclic esters (lactones) is 1. The van der Waals surface area contributed by atoms with Crippen LogP contribution in [0, 0.1) is 17.3 Å². The lowest BCUT2D eigenvalue weighted by atomic mass is 9.83. The summed E-state index contributed by atoms with van der Waals surface area (Å²) in [5, 5.41) is 8.76. The average molecular weight is 1130 g/mol. The Morgan fingerprint density at radius 2 is 1.77 bits per heavy atom. The van der Waals surface area contributed by atoms with E-state index in [-0.39, 0.29) is 67.3 Å². The Kier molecular flexibility index (Phi) is 15.4. The number of amides is 3. The fourth-order valence-corrected chi connectivity index (χ4v) is 14.2. The number of morpholine rings is 2. The van der Waals surface area contributed by atoms with Crippen LogP contribution in [0.1, 0.15) is 96.4 Å². The number of rotatable bonds is 10. The van der Waals surface area contributed by atoms with E-state index in [4.69, 9.17) is 19.2 Å². The highest BCUT2D eigenvalue weighted by Gasteiger charge is 2.57. The minimum absolute atomic E-state index is 0.0444. The third kappa shape index (κ3) is 11.7. The van der Waals surface area contributed by atoms with E-state index in [1.807, 2.05) is 76.9 Å². The van der Waals surface area contributed by atoms with Gasteiger partial charge in [-0.25, -0.2) is 5.43 Å². The van der Waals surface area contributed by atoms with Crippen molar-refractivity contribution in [2.75, 3.05) is 110 Å². The zero-order valence-corrected chi connectivity index (χ0v) is 48.0. The average Bonchev–Trinajstić information content (AvgIpc) is 4.59. The molecule has 18 nitrogen and oxygen atoms in total. The summed E-state index contributed by atoms with van der Waals surface area (Å²) < 4.78 is 65.5. The molecule has 440 valence electrons. The SMILES string of the molecule is CC(C)c1ncc(N2CCN3CCOC[C@@H]3C2)cc1-c1c2c3cc(ccc3n1CC(F)(F)F)C1=CCCN(C1)C[C@H](NC(=O)[C@H](C(C)C)N1CCOC3(CN(C(=O)[C@@H]4N[C@@H]4C4CC4)C3)C1)C(=O)N1CCC[C@H](N1)C(=O)OCC(C)(C)C2. The van der Waals surface area contributed by atoms with Gasteiger partial charge in [0.1, 0.15) is 30.3 Å². The molecule has 9 aliphatic rings. The molecule has 6 bridgehead atoms. The fraction of sp³-hybridized carbons (Fsp3) is 0.683. The van der Waals surface area contributed by atoms with E-state index in [9.17, 15) is 14.4 Å². The van der Waals surface area contributed by atoms with Crippen molar-refractivity contribution in [3.05, 3.63) is 53.4 Å². The van der Waals surface area contributed by atoms with Crippen LogP contribution in [0.15, 0.2) is 36.5 Å². The number of hydrazine groups is 1. The molecule has 6 saturated heterocycles. The normalized spacial score (nSPS) is 28.8. The van der Waals surface area contributed by atoms with Gasteiger partial charge in [-0.15, -0.1) is 0 Å². The number of nitrogens with one attached hydrogen (secondary N) is 3. The second-order valence-electron chi connectivity index (χ2n) is 26.2. The monoisotopic (exact) mass is 1130 g/mol. The number of fused-ring (bicyclic) bond motifs is 7. The number of halogens is 3. The smallest absolute Gasteiger partial charge is 0.406 e. The molecule has 2 aromatic heterocycles. The third-order valence-electron chi connectivity index (χ3n) is 18.5. The molecule has 0 radical (unpaired) electrons. The molecule has 1 spiro atoms. The maximum atomic E-state index is 15.2. The van der Waals surface area contributed by atoms with Crippen molar-refractivity contribution in [3.8, 4) is 11.3 Å². The maximum Gasteiger partial charge on any atom is 0.406 e. The molecule has 81 heavy (non-hydrogen) atoms. The van der Waals surface area contributed by atoms with Crippen molar-refractivity contribution in [1.82, 2.24) is 50.2 Å². The second-order valence-corrected chi connectivity index (χ2v) is 26.2. The molecule has 1 aliphatic carbocycles. The molecule has 3 N–H and O–H groups in total. The van der Waals surface area contributed by atoms with E-state index < -0.39 is 47.8 Å². The summed E-state index contributed by atoms with van der Waals surface area (Å²) in [5.74, 6) is -0.725. The molecule has 1 aromatic carbocycles. The molecule has 10 heterocycles. The first kappa shape index (κ1) is 56.3. The van der Waals surface area contributed by atoms with Crippen LogP contribution in [0.5, 0.6) is 0 Å². The van der Waals surface area contributed by atoms with Crippen molar-refractivity contribution in [2.24, 2.45) is 17.3 Å². The van der Waals surface area contributed by atoms with Gasteiger partial charge in [-0.2, -0.15) is 13.2 Å². The highest BCUT2D eigenvalue weighted by molar-refractivity contribution is 5.95. The molecule has 3 amide bonds. The third-order valence-corrected chi connectivity index (χ3v) is 18.5. The van der Waals surface area contributed by atoms with Crippen LogP contribution in [0.2, 0.25) is 0 Å². The molecule has 7 fully saturated rings. The molecule has 7 atom stereocenters. The number of likely N-dealkylation sites (tertiary alicyclic amines) is 1. The molecule has 12 rings (SSSR count). The number of carbonyl (C=O) groups excluding carboxylic acids is 4. The standard InChI is InChI=1S/C60H82F3N11O7/c1-36(2)49-44(24-41(26-64-49)70-18-17-69-19-21-79-30-42(69)28-70)53-45-25-58(5,6)35-80-57(78)46-10-8-16-74(67-46)55(76)47(29-68-15-7-9-40(27-68)39-13-14-48(43(45)23-39)73(53)34-60(61,62)63)65-54(75)52(37(3)4)71-20-22-81-59(31-71)32-72(33-59)56(77)51-50(66-51)38-11-12-38/h9,13-14,23-24,26,36-38,42,46-47,50-52,66-67H,7-8,10-12,15-22,25,27-35H2,1-6H3,(H,65,75)/t42-,46-,47-,50+,51+,52-/m0/s1. The number of hydrogen-bond acceptors (Lipinski definition) is 14. The second kappa shape index (κ2) is 22.1. The van der Waals surface area contributed by atoms with Gasteiger partial charge in [-0.1, -0.05) is 53.7 Å². The summed E-state index contributed by atoms with van der Waals surface area (Å²) in [4.78, 5) is 73.6. The lowest BCUT2D eigenvalue weighted by molar-refractivity contribution is -0.197. The zero-order chi connectivity index (χ0) is 56.7. The van der Waals surface area contributed by atoms with Crippen molar-refractivity contribution in [2.45, 2.75) is 141 Å². The van der Waals surface area contributed by atoms with Gasteiger partial charge in [0.2, 0.25) is 11.8 Å². The van der Waals surface area contributed by atoms with E-state index in [0.29, 0.717) is 125 Å². The zero-order valence-electron chi connectivity index (χ0n) is 48.0. The van der Waals surface area contributed by atoms with Crippen LogP contribution < -0.4 is 21.0 Å². The first-order valence-electron chi connectivity index (χ1n) is 29.9. The summed E-state index contributed by atoms with van der Waals surface area (Å²) in [7, 11) is 0. The first-order chi connectivity index (χ1) is 38.7. The Morgan fingerprint density at radius 1 is 0.951 bits per heavy atom. The summed E-state index contributed by atoms with van der Waals surface area (Å²) in [6, 6.07) is 5.67. The summed E-state index contributed by atoms with van der Waals surface area (Å²) >= 11 is 0. The van der Waals surface area contributed by atoms with E-state index in [1.165, 1.54) is 22.4 Å². The number of ether oxygens (including phenoxy) is 3. The van der Waals surface area contributed by atoms with Gasteiger partial charge >= 0.3 is 12.1 Å². The van der Waals surface area contributed by atoms with Gasteiger partial charge in [0.05, 0.1) is 74.9 Å². The van der Waals surface area contributed by atoms with Gasteiger partial charge < -0.3 is 33.9 Å². The van der Waals surface area contributed by atoms with Crippen LogP contribution >= 0.6 is 0 Å². The largest absolute Gasteiger partial charge is 0.464 e. The molecule has 8 aliphatic heterocycles. The van der Waals surface area contributed by atoms with E-state index in [0.717, 1.165) is 42.0 Å². The number of aromatic nitrogens is 2. The lowest BCUT2D eigenvalue weighted by Crippen LogP contribution is -2.73. The van der Waals surface area contributed by atoms with E-state index in [2.05, 4.69) is 41.7 Å². The number of carbonyl (C=O) groups is 4. The van der Waals surface area contributed by atoms with Gasteiger partial charge in [0.15, 0.2) is 0 Å². The van der Waals surface area contributed by atoms with E-state index in [1.54, 1.807) is 0 Å². The van der Waals surface area contributed by atoms with Crippen molar-refractivity contribution in [3.63, 3.8) is 0 Å². The predicted octanol–water partition coefficient (Wildman–Crippen LogP) is 4.79. The lowest BCUT2D eigenvalue weighted by Gasteiger charge is -2.55. The fourth-order valence-electron chi connectivity index (χ4n) is 14.2. The maximum absolute atomic E-state index is 15.2. The minimum atomic E-state index is -4.57. The number of hydrogen-bond donors (Lipinski definition) is 3. The number of pyridine rings is 1. The highest BCUT2D eigenvalue weighted by Crippen LogP contribution is 2.45. The predicted molar refractivity (Wildman–Crippen MR) is 300 cm³/mol. The van der Waals surface area contributed by atoms with Crippen molar-refractivity contribution in [1.29, 1.82) is 0 Å². The Hall–Kier alpha value is -5.16. The molecular formula is C60H82F3N11O7. The van der Waals surface area contributed by atoms with Crippen LogP contribution in [-0.2, 0) is 46.4 Å². The van der Waals surface area contributed by atoms with Crippen molar-refractivity contribution < 1.29 is 46.6 Å². The molecule has 3 aromatic rings. The number of anilines is 1. The Bertz CT molecular complexity index is 2940. The molecule has 21 heteroatoms. The summed E-state index contributed by atoms with van der Waals surface area (Å²) in [5.41, 5.74) is 7.45. The quantitative estimate of drug-likeness (QED) is 0.186. The number of nitrogens with zero attached hydrogens (tertiary/aromatic N) is 8. The molecule has 1 saturated carbocycles. The van der Waals surface area contributed by atoms with Crippen LogP contribution in [-0.4, -0.2) is 211 Å². The van der Waals surface area contributed by atoms with Gasteiger partial charge in [-0.05, 0) is 91.2 Å². The molecule has 1 unspecified atom stereocenters. The highest BCUT2D eigenvalue weighted by atomic mass is 19.4. The topological polar surface area (TPSA) is 179 Å². The van der Waals surface area contributed by atoms with Gasteiger partial charge in [0.25, 0.3) is 5.91 Å². The summed E-state index contributed by atoms with van der Waals surface area (Å²) in [6.07, 6.45) is 3.64. The van der Waals surface area contributed by atoms with Crippen LogP contribution in [0.25, 0.3) is 27.7 Å².